The topological polar surface area (TPSA) is 114 Å². The number of ether oxygens (including phenoxy) is 2. The third-order valence-corrected chi connectivity index (χ3v) is 6.39. The van der Waals surface area contributed by atoms with Crippen molar-refractivity contribution in [3.05, 3.63) is 45.4 Å². The Labute approximate surface area is 235 Å². The molecule has 0 spiro atoms. The Bertz CT molecular complexity index is 912. The van der Waals surface area contributed by atoms with E-state index >= 15 is 0 Å². The molecule has 4 atom stereocenters. The zero-order valence-electron chi connectivity index (χ0n) is 23.1. The summed E-state index contributed by atoms with van der Waals surface area (Å²) in [6.07, 6.45) is 10.5. The van der Waals surface area contributed by atoms with Crippen LogP contribution in [0.3, 0.4) is 0 Å². The first-order valence-electron chi connectivity index (χ1n) is 12.6. The van der Waals surface area contributed by atoms with E-state index < -0.39 is 23.5 Å². The lowest BCUT2D eigenvalue weighted by Crippen LogP contribution is -2.52. The average Bonchev–Trinajstić information content (AvgIpc) is 2.81. The number of halogens is 1. The van der Waals surface area contributed by atoms with Gasteiger partial charge in [-0.1, -0.05) is 51.5 Å². The standard InChI is InChI=1S/C28H43IN2O6/c1-18(17-19(2)22-13-14-23(36-7)27(35)37-22)10-15-24(33)31-25(28(4,5)6)26(34)30-16-8-9-21(32)12-11-20(3)29/h8,11,14,16-17,19,21-22,25,32H,9-10,12-13,15H2,1-7H3,(H,30,34)(H,31,33)/b16-8-,18-17+,20-11+/t19-,21+,22-,25+/m0/s1. The molecule has 0 aliphatic carbocycles. The van der Waals surface area contributed by atoms with Crippen LogP contribution in [0.1, 0.15) is 73.6 Å². The maximum absolute atomic E-state index is 12.8. The zero-order valence-corrected chi connectivity index (χ0v) is 25.3. The molecule has 0 aromatic rings. The van der Waals surface area contributed by atoms with Crippen LogP contribution in [0.5, 0.6) is 0 Å². The molecule has 0 bridgehead atoms. The van der Waals surface area contributed by atoms with Gasteiger partial charge in [0.05, 0.1) is 13.2 Å². The van der Waals surface area contributed by atoms with Crippen LogP contribution in [0, 0.1) is 11.3 Å². The van der Waals surface area contributed by atoms with E-state index in [1.807, 2.05) is 53.7 Å². The van der Waals surface area contributed by atoms with E-state index in [2.05, 4.69) is 33.2 Å². The van der Waals surface area contributed by atoms with Gasteiger partial charge in [0.15, 0.2) is 5.76 Å². The number of nitrogens with one attached hydrogen (secondary N) is 2. The molecule has 9 heteroatoms. The van der Waals surface area contributed by atoms with Gasteiger partial charge in [-0.3, -0.25) is 9.59 Å². The molecule has 1 aliphatic heterocycles. The Balaban J connectivity index is 2.60. The van der Waals surface area contributed by atoms with Crippen molar-refractivity contribution in [2.45, 2.75) is 91.9 Å². The van der Waals surface area contributed by atoms with Gasteiger partial charge in [0.25, 0.3) is 0 Å². The van der Waals surface area contributed by atoms with Crippen molar-refractivity contribution in [3.8, 4) is 0 Å². The van der Waals surface area contributed by atoms with E-state index in [0.717, 1.165) is 9.15 Å². The van der Waals surface area contributed by atoms with Gasteiger partial charge >= 0.3 is 5.97 Å². The van der Waals surface area contributed by atoms with Crippen LogP contribution in [0.15, 0.2) is 45.4 Å². The summed E-state index contributed by atoms with van der Waals surface area (Å²) >= 11 is 2.19. The van der Waals surface area contributed by atoms with Gasteiger partial charge in [-0.2, -0.15) is 0 Å². The number of aliphatic hydroxyl groups is 1. The van der Waals surface area contributed by atoms with Crippen LogP contribution in [0.25, 0.3) is 0 Å². The van der Waals surface area contributed by atoms with E-state index in [-0.39, 0.29) is 36.0 Å². The molecule has 3 N–H and O–H groups in total. The number of carbonyl (C=O) groups is 3. The second-order valence-corrected chi connectivity index (χ2v) is 12.2. The highest BCUT2D eigenvalue weighted by molar-refractivity contribution is 14.1. The molecular weight excluding hydrogens is 587 g/mol. The smallest absolute Gasteiger partial charge is 0.373 e. The summed E-state index contributed by atoms with van der Waals surface area (Å²) in [5.41, 5.74) is 0.514. The molecule has 0 saturated heterocycles. The average molecular weight is 631 g/mol. The fraction of sp³-hybridized carbons (Fsp3) is 0.607. The summed E-state index contributed by atoms with van der Waals surface area (Å²) in [7, 11) is 1.44. The lowest BCUT2D eigenvalue weighted by Gasteiger charge is -2.30. The SMILES string of the molecule is COC1=CC[C@@H]([C@@H](C)/C=C(\C)CCC(=O)N[C@H](C(=O)N/C=C\C[C@@H](O)C/C=C(\C)I)C(C)(C)C)OC1=O. The van der Waals surface area contributed by atoms with Gasteiger partial charge in [0.1, 0.15) is 12.1 Å². The monoisotopic (exact) mass is 630 g/mol. The molecule has 1 rings (SSSR count). The summed E-state index contributed by atoms with van der Waals surface area (Å²) in [5.74, 6) is -0.769. The molecule has 0 aromatic carbocycles. The van der Waals surface area contributed by atoms with E-state index in [4.69, 9.17) is 9.47 Å². The maximum Gasteiger partial charge on any atom is 0.373 e. The molecule has 0 unspecified atom stereocenters. The van der Waals surface area contributed by atoms with Gasteiger partial charge in [0, 0.05) is 18.8 Å². The van der Waals surface area contributed by atoms with Crippen molar-refractivity contribution in [3.63, 3.8) is 0 Å². The number of hydrogen-bond donors (Lipinski definition) is 3. The minimum atomic E-state index is -0.717. The first kappa shape index (κ1) is 32.9. The highest BCUT2D eigenvalue weighted by Crippen LogP contribution is 2.24. The molecule has 1 heterocycles. The molecule has 0 radical (unpaired) electrons. The molecule has 37 heavy (non-hydrogen) atoms. The minimum Gasteiger partial charge on any atom is -0.490 e. The van der Waals surface area contributed by atoms with Crippen molar-refractivity contribution in [1.29, 1.82) is 0 Å². The molecule has 0 fully saturated rings. The first-order valence-corrected chi connectivity index (χ1v) is 13.7. The van der Waals surface area contributed by atoms with Gasteiger partial charge in [-0.25, -0.2) is 4.79 Å². The van der Waals surface area contributed by atoms with Gasteiger partial charge in [0.2, 0.25) is 11.8 Å². The number of amides is 2. The summed E-state index contributed by atoms with van der Waals surface area (Å²) in [4.78, 5) is 37.4. The fourth-order valence-electron chi connectivity index (χ4n) is 3.74. The lowest BCUT2D eigenvalue weighted by atomic mass is 9.86. The second-order valence-electron chi connectivity index (χ2n) is 10.5. The Morgan fingerprint density at radius 1 is 1.27 bits per heavy atom. The summed E-state index contributed by atoms with van der Waals surface area (Å²) < 4.78 is 11.5. The maximum atomic E-state index is 12.8. The Morgan fingerprint density at radius 3 is 2.51 bits per heavy atom. The fourth-order valence-corrected chi connectivity index (χ4v) is 4.00. The molecule has 8 nitrogen and oxygen atoms in total. The van der Waals surface area contributed by atoms with E-state index in [9.17, 15) is 19.5 Å². The predicted molar refractivity (Wildman–Crippen MR) is 153 cm³/mol. The van der Waals surface area contributed by atoms with E-state index in [1.165, 1.54) is 13.3 Å². The number of methoxy groups -OCH3 is 1. The highest BCUT2D eigenvalue weighted by atomic mass is 127. The number of esters is 1. The van der Waals surface area contributed by atoms with Crippen molar-refractivity contribution >= 4 is 40.4 Å². The molecule has 0 saturated carbocycles. The van der Waals surface area contributed by atoms with Gasteiger partial charge in [-0.05, 0) is 77.0 Å². The van der Waals surface area contributed by atoms with Gasteiger partial charge < -0.3 is 25.2 Å². The van der Waals surface area contributed by atoms with Crippen LogP contribution in [-0.2, 0) is 23.9 Å². The van der Waals surface area contributed by atoms with Crippen LogP contribution < -0.4 is 10.6 Å². The Hall–Kier alpha value is -2.14. The normalized spacial score (nSPS) is 19.5. The third kappa shape index (κ3) is 12.8. The minimum absolute atomic E-state index is 0.0123. The largest absolute Gasteiger partial charge is 0.490 e. The number of allylic oxidation sites excluding steroid dienone is 2. The van der Waals surface area contributed by atoms with Crippen molar-refractivity contribution in [2.24, 2.45) is 11.3 Å². The molecule has 0 aromatic heterocycles. The number of hydrogen-bond acceptors (Lipinski definition) is 6. The van der Waals surface area contributed by atoms with E-state index in [1.54, 1.807) is 12.2 Å². The molecular formula is C28H43IN2O6. The lowest BCUT2D eigenvalue weighted by molar-refractivity contribution is -0.151. The highest BCUT2D eigenvalue weighted by Gasteiger charge is 2.32. The predicted octanol–water partition coefficient (Wildman–Crippen LogP) is 4.84. The number of carbonyl (C=O) groups excluding carboxylic acids is 3. The third-order valence-electron chi connectivity index (χ3n) is 5.95. The zero-order chi connectivity index (χ0) is 28.2. The van der Waals surface area contributed by atoms with E-state index in [0.29, 0.717) is 25.7 Å². The van der Waals surface area contributed by atoms with Crippen LogP contribution >= 0.6 is 22.6 Å². The quantitative estimate of drug-likeness (QED) is 0.153. The summed E-state index contributed by atoms with van der Waals surface area (Å²) in [6.45, 7) is 11.6. The number of rotatable bonds is 13. The van der Waals surface area contributed by atoms with Crippen LogP contribution in [-0.4, -0.2) is 48.2 Å². The summed E-state index contributed by atoms with van der Waals surface area (Å²) in [5, 5.41) is 15.6. The second kappa shape index (κ2) is 16.0. The van der Waals surface area contributed by atoms with Crippen molar-refractivity contribution in [1.82, 2.24) is 10.6 Å². The molecule has 2 amide bonds. The van der Waals surface area contributed by atoms with Gasteiger partial charge in [-0.15, -0.1) is 0 Å². The molecule has 208 valence electrons. The van der Waals surface area contributed by atoms with Crippen molar-refractivity contribution in [2.75, 3.05) is 7.11 Å². The molecule has 1 aliphatic rings. The van der Waals surface area contributed by atoms with Crippen LogP contribution in [0.2, 0.25) is 0 Å². The van der Waals surface area contributed by atoms with Crippen LogP contribution in [0.4, 0.5) is 0 Å². The number of aliphatic hydroxyl groups excluding tert-OH is 1. The number of cyclic esters (lactones) is 1. The van der Waals surface area contributed by atoms with Crippen molar-refractivity contribution < 1.29 is 29.0 Å². The first-order chi connectivity index (χ1) is 17.2. The Kier molecular flexibility index (Phi) is 14.2. The Morgan fingerprint density at radius 2 is 1.95 bits per heavy atom. The summed E-state index contributed by atoms with van der Waals surface area (Å²) in [6, 6.07) is -0.717.